The molecule has 6 nitrogen and oxygen atoms in total. The average molecular weight is 381 g/mol. The number of methoxy groups -OCH3 is 1. The zero-order chi connectivity index (χ0) is 19.5. The van der Waals surface area contributed by atoms with Crippen LogP contribution in [0.25, 0.3) is 0 Å². The Bertz CT molecular complexity index is 925. The van der Waals surface area contributed by atoms with Gasteiger partial charge in [0.05, 0.1) is 17.6 Å². The maximum Gasteiger partial charge on any atom is 0.338 e. The average Bonchev–Trinajstić information content (AvgIpc) is 2.59. The summed E-state index contributed by atoms with van der Waals surface area (Å²) in [6.45, 7) is 1.47. The van der Waals surface area contributed by atoms with E-state index in [1.807, 2.05) is 0 Å². The number of sulfonamides is 1. The highest BCUT2D eigenvalue weighted by atomic mass is 32.2. The number of esters is 1. The number of carbonyl (C=O) groups excluding carboxylic acids is 1. The molecular weight excluding hydrogens is 361 g/mol. The maximum absolute atomic E-state index is 13.4. The first-order chi connectivity index (χ1) is 12.2. The highest BCUT2D eigenvalue weighted by Gasteiger charge is 2.21. The van der Waals surface area contributed by atoms with Crippen LogP contribution in [0.4, 0.5) is 4.39 Å². The summed E-state index contributed by atoms with van der Waals surface area (Å²) in [4.78, 5) is 12.4. The van der Waals surface area contributed by atoms with Crippen molar-refractivity contribution in [1.82, 2.24) is 4.31 Å². The number of halogens is 1. The molecule has 0 saturated heterocycles. The van der Waals surface area contributed by atoms with Crippen LogP contribution in [0.2, 0.25) is 0 Å². The molecule has 26 heavy (non-hydrogen) atoms. The van der Waals surface area contributed by atoms with E-state index in [0.717, 1.165) is 4.31 Å². The van der Waals surface area contributed by atoms with Gasteiger partial charge in [0, 0.05) is 19.7 Å². The first-order valence-corrected chi connectivity index (χ1v) is 9.13. The summed E-state index contributed by atoms with van der Waals surface area (Å²) < 4.78 is 49.3. The third-order valence-electron chi connectivity index (χ3n) is 3.81. The Hall–Kier alpha value is -2.45. The van der Waals surface area contributed by atoms with Crippen LogP contribution in [0.5, 0.6) is 5.75 Å². The molecule has 0 saturated carbocycles. The van der Waals surface area contributed by atoms with Gasteiger partial charge in [-0.15, -0.1) is 0 Å². The quantitative estimate of drug-likeness (QED) is 0.720. The van der Waals surface area contributed by atoms with E-state index in [-0.39, 0.29) is 17.1 Å². The highest BCUT2D eigenvalue weighted by molar-refractivity contribution is 7.89. The molecule has 140 valence electrons. The summed E-state index contributed by atoms with van der Waals surface area (Å²) >= 11 is 0. The Kier molecular flexibility index (Phi) is 5.99. The number of hydrogen-bond acceptors (Lipinski definition) is 5. The van der Waals surface area contributed by atoms with E-state index < -0.39 is 21.8 Å². The lowest BCUT2D eigenvalue weighted by molar-refractivity contribution is 0.0468. The topological polar surface area (TPSA) is 72.9 Å². The number of hydrogen-bond donors (Lipinski definition) is 0. The SMILES string of the molecule is COc1ccc(F)cc1COC(=O)c1cc(S(=O)(=O)N(C)C)ccc1C. The van der Waals surface area contributed by atoms with E-state index in [4.69, 9.17) is 9.47 Å². The lowest BCUT2D eigenvalue weighted by Crippen LogP contribution is -2.22. The van der Waals surface area contributed by atoms with Crippen molar-refractivity contribution in [2.24, 2.45) is 0 Å². The first kappa shape index (κ1) is 19.9. The fourth-order valence-electron chi connectivity index (χ4n) is 2.27. The molecule has 0 radical (unpaired) electrons. The summed E-state index contributed by atoms with van der Waals surface area (Å²) in [5.41, 5.74) is 1.07. The van der Waals surface area contributed by atoms with Crippen LogP contribution in [-0.2, 0) is 21.4 Å². The van der Waals surface area contributed by atoms with E-state index >= 15 is 0 Å². The van der Waals surface area contributed by atoms with Gasteiger partial charge < -0.3 is 9.47 Å². The number of aryl methyl sites for hydroxylation is 1. The van der Waals surface area contributed by atoms with Crippen LogP contribution in [0, 0.1) is 12.7 Å². The monoisotopic (exact) mass is 381 g/mol. The standard InChI is InChI=1S/C18H20FNO5S/c1-12-5-7-15(26(22,23)20(2)3)10-16(12)18(21)25-11-13-9-14(19)6-8-17(13)24-4/h5-10H,11H2,1-4H3. The Labute approximate surface area is 152 Å². The van der Waals surface area contributed by atoms with Crippen molar-refractivity contribution < 1.29 is 27.1 Å². The van der Waals surface area contributed by atoms with Crippen molar-refractivity contribution in [3.63, 3.8) is 0 Å². The van der Waals surface area contributed by atoms with Crippen LogP contribution < -0.4 is 4.74 Å². The minimum Gasteiger partial charge on any atom is -0.496 e. The summed E-state index contributed by atoms with van der Waals surface area (Å²) in [6, 6.07) is 8.13. The molecule has 0 N–H and O–H groups in total. The Morgan fingerprint density at radius 3 is 2.46 bits per heavy atom. The number of carbonyl (C=O) groups is 1. The van der Waals surface area contributed by atoms with Gasteiger partial charge in [-0.1, -0.05) is 6.07 Å². The summed E-state index contributed by atoms with van der Waals surface area (Å²) in [5.74, 6) is -0.795. The molecule has 0 aliphatic rings. The lowest BCUT2D eigenvalue weighted by atomic mass is 10.1. The van der Waals surface area contributed by atoms with Gasteiger partial charge in [0.2, 0.25) is 10.0 Å². The van der Waals surface area contributed by atoms with Crippen molar-refractivity contribution in [2.75, 3.05) is 21.2 Å². The smallest absolute Gasteiger partial charge is 0.338 e. The first-order valence-electron chi connectivity index (χ1n) is 7.69. The molecular formula is C18H20FNO5S. The van der Waals surface area contributed by atoms with Crippen molar-refractivity contribution >= 4 is 16.0 Å². The Morgan fingerprint density at radius 1 is 1.15 bits per heavy atom. The molecule has 0 fully saturated rings. The molecule has 0 spiro atoms. The maximum atomic E-state index is 13.4. The fraction of sp³-hybridized carbons (Fsp3) is 0.278. The Balaban J connectivity index is 2.27. The van der Waals surface area contributed by atoms with Crippen LogP contribution in [-0.4, -0.2) is 39.9 Å². The second-order valence-corrected chi connectivity index (χ2v) is 7.95. The highest BCUT2D eigenvalue weighted by Crippen LogP contribution is 2.22. The normalized spacial score (nSPS) is 11.5. The molecule has 2 rings (SSSR count). The van der Waals surface area contributed by atoms with E-state index in [1.165, 1.54) is 57.6 Å². The molecule has 0 bridgehead atoms. The summed E-state index contributed by atoms with van der Waals surface area (Å²) in [6.07, 6.45) is 0. The third-order valence-corrected chi connectivity index (χ3v) is 5.62. The van der Waals surface area contributed by atoms with Crippen LogP contribution in [0.3, 0.4) is 0 Å². The third kappa shape index (κ3) is 4.20. The Morgan fingerprint density at radius 2 is 1.85 bits per heavy atom. The summed E-state index contributed by atoms with van der Waals surface area (Å²) in [7, 11) is 0.564. The van der Waals surface area contributed by atoms with Gasteiger partial charge in [-0.05, 0) is 42.8 Å². The molecule has 0 aliphatic heterocycles. The molecule has 8 heteroatoms. The van der Waals surface area contributed by atoms with Gasteiger partial charge in [-0.3, -0.25) is 0 Å². The van der Waals surface area contributed by atoms with Crippen molar-refractivity contribution in [1.29, 1.82) is 0 Å². The lowest BCUT2D eigenvalue weighted by Gasteiger charge is -2.14. The van der Waals surface area contributed by atoms with Crippen LogP contribution >= 0.6 is 0 Å². The number of benzene rings is 2. The predicted octanol–water partition coefficient (Wildman–Crippen LogP) is 2.75. The number of ether oxygens (including phenoxy) is 2. The van der Waals surface area contributed by atoms with E-state index in [9.17, 15) is 17.6 Å². The van der Waals surface area contributed by atoms with Crippen molar-refractivity contribution in [3.05, 3.63) is 58.9 Å². The van der Waals surface area contributed by atoms with Gasteiger partial charge in [0.15, 0.2) is 0 Å². The molecule has 0 aliphatic carbocycles. The minimum atomic E-state index is -3.68. The van der Waals surface area contributed by atoms with Crippen LogP contribution in [0.1, 0.15) is 21.5 Å². The molecule has 0 amide bonds. The second kappa shape index (κ2) is 7.84. The largest absolute Gasteiger partial charge is 0.496 e. The van der Waals surface area contributed by atoms with Gasteiger partial charge in [0.25, 0.3) is 0 Å². The molecule has 0 unspecified atom stereocenters. The molecule has 0 aromatic heterocycles. The van der Waals surface area contributed by atoms with Gasteiger partial charge >= 0.3 is 5.97 Å². The van der Waals surface area contributed by atoms with E-state index in [0.29, 0.717) is 16.9 Å². The summed E-state index contributed by atoms with van der Waals surface area (Å²) in [5, 5.41) is 0. The number of nitrogens with zero attached hydrogens (tertiary/aromatic N) is 1. The minimum absolute atomic E-state index is 0.0108. The molecule has 2 aromatic carbocycles. The fourth-order valence-corrected chi connectivity index (χ4v) is 3.20. The molecule has 0 atom stereocenters. The van der Waals surface area contributed by atoms with E-state index in [1.54, 1.807) is 6.92 Å². The van der Waals surface area contributed by atoms with Gasteiger partial charge in [-0.2, -0.15) is 0 Å². The van der Waals surface area contributed by atoms with E-state index in [2.05, 4.69) is 0 Å². The predicted molar refractivity (Wildman–Crippen MR) is 94.1 cm³/mol. The zero-order valence-corrected chi connectivity index (χ0v) is 15.8. The zero-order valence-electron chi connectivity index (χ0n) is 14.9. The van der Waals surface area contributed by atoms with Gasteiger partial charge in [-0.25, -0.2) is 21.9 Å². The van der Waals surface area contributed by atoms with Crippen molar-refractivity contribution in [2.45, 2.75) is 18.4 Å². The molecule has 0 heterocycles. The number of rotatable bonds is 6. The van der Waals surface area contributed by atoms with Crippen molar-refractivity contribution in [3.8, 4) is 5.75 Å². The molecule has 2 aromatic rings. The second-order valence-electron chi connectivity index (χ2n) is 5.80. The van der Waals surface area contributed by atoms with Gasteiger partial charge in [0.1, 0.15) is 18.2 Å². The van der Waals surface area contributed by atoms with Crippen LogP contribution in [0.15, 0.2) is 41.3 Å².